The number of nitrogens with one attached hydrogen (secondary N) is 1. The Kier molecular flexibility index (Phi) is 5.55. The maximum absolute atomic E-state index is 13.2. The maximum Gasteiger partial charge on any atom is 0.235 e. The van der Waals surface area contributed by atoms with Crippen LogP contribution in [0.25, 0.3) is 0 Å². The fourth-order valence-electron chi connectivity index (χ4n) is 1.29. The number of anilines is 1. The minimum atomic E-state index is -3.48. The van der Waals surface area contributed by atoms with Gasteiger partial charge in [-0.25, -0.2) is 12.8 Å². The zero-order valence-electron chi connectivity index (χ0n) is 10.2. The molecule has 1 N–H and O–H groups in total. The zero-order valence-corrected chi connectivity index (χ0v) is 12.6. The van der Waals surface area contributed by atoms with Crippen molar-refractivity contribution >= 4 is 31.6 Å². The summed E-state index contributed by atoms with van der Waals surface area (Å²) in [4.78, 5) is 0. The molecule has 0 amide bonds. The molecule has 7 heteroatoms. The van der Waals surface area contributed by atoms with Gasteiger partial charge in [0.2, 0.25) is 10.0 Å². The predicted molar refractivity (Wildman–Crippen MR) is 72.7 cm³/mol. The lowest BCUT2D eigenvalue weighted by atomic mass is 10.2. The first-order valence-corrected chi connectivity index (χ1v) is 7.84. The SMILES string of the molecule is CCOCCS(=O)(=O)Nc1cc(Br)c(F)cc1C. The molecule has 0 saturated heterocycles. The van der Waals surface area contributed by atoms with E-state index in [4.69, 9.17) is 4.74 Å². The van der Waals surface area contributed by atoms with Crippen molar-refractivity contribution in [1.82, 2.24) is 0 Å². The number of sulfonamides is 1. The first-order valence-electron chi connectivity index (χ1n) is 5.39. The van der Waals surface area contributed by atoms with Gasteiger partial charge in [0, 0.05) is 6.61 Å². The molecule has 0 unspecified atom stereocenters. The Bertz CT molecular complexity index is 519. The monoisotopic (exact) mass is 339 g/mol. The van der Waals surface area contributed by atoms with E-state index in [0.29, 0.717) is 17.9 Å². The van der Waals surface area contributed by atoms with Gasteiger partial charge in [-0.1, -0.05) is 0 Å². The van der Waals surface area contributed by atoms with E-state index in [1.165, 1.54) is 12.1 Å². The van der Waals surface area contributed by atoms with Crippen LogP contribution in [0.5, 0.6) is 0 Å². The Hall–Kier alpha value is -0.660. The molecule has 102 valence electrons. The van der Waals surface area contributed by atoms with E-state index in [1.54, 1.807) is 13.8 Å². The molecule has 0 radical (unpaired) electrons. The molecule has 0 aliphatic heterocycles. The molecule has 0 aliphatic carbocycles. The zero-order chi connectivity index (χ0) is 13.8. The number of halogens is 2. The lowest BCUT2D eigenvalue weighted by molar-refractivity contribution is 0.163. The van der Waals surface area contributed by atoms with Crippen molar-refractivity contribution in [3.63, 3.8) is 0 Å². The van der Waals surface area contributed by atoms with Crippen LogP contribution in [0.4, 0.5) is 10.1 Å². The van der Waals surface area contributed by atoms with Crippen LogP contribution in [0.2, 0.25) is 0 Å². The third kappa shape index (κ3) is 4.55. The largest absolute Gasteiger partial charge is 0.381 e. The molecule has 0 heterocycles. The number of hydrogen-bond acceptors (Lipinski definition) is 3. The van der Waals surface area contributed by atoms with Gasteiger partial charge in [0.15, 0.2) is 0 Å². The molecule has 18 heavy (non-hydrogen) atoms. The highest BCUT2D eigenvalue weighted by atomic mass is 79.9. The molecule has 0 bridgehead atoms. The molecule has 0 aliphatic rings. The molecule has 0 spiro atoms. The van der Waals surface area contributed by atoms with E-state index in [0.717, 1.165) is 0 Å². The topological polar surface area (TPSA) is 55.4 Å². The smallest absolute Gasteiger partial charge is 0.235 e. The Morgan fingerprint density at radius 3 is 2.72 bits per heavy atom. The van der Waals surface area contributed by atoms with Crippen molar-refractivity contribution < 1.29 is 17.5 Å². The Labute approximate surface area is 115 Å². The third-order valence-electron chi connectivity index (χ3n) is 2.23. The van der Waals surface area contributed by atoms with Crippen molar-refractivity contribution in [3.05, 3.63) is 28.0 Å². The average Bonchev–Trinajstić information content (AvgIpc) is 2.26. The van der Waals surface area contributed by atoms with Gasteiger partial charge < -0.3 is 4.74 Å². The van der Waals surface area contributed by atoms with E-state index in [1.807, 2.05) is 0 Å². The maximum atomic E-state index is 13.2. The lowest BCUT2D eigenvalue weighted by Crippen LogP contribution is -2.20. The van der Waals surface area contributed by atoms with Crippen LogP contribution in [-0.2, 0) is 14.8 Å². The minimum absolute atomic E-state index is 0.130. The molecule has 1 rings (SSSR count). The van der Waals surface area contributed by atoms with Crippen molar-refractivity contribution in [3.8, 4) is 0 Å². The van der Waals surface area contributed by atoms with E-state index >= 15 is 0 Å². The van der Waals surface area contributed by atoms with Crippen LogP contribution < -0.4 is 4.72 Å². The highest BCUT2D eigenvalue weighted by Crippen LogP contribution is 2.24. The second kappa shape index (κ2) is 6.49. The number of aryl methyl sites for hydroxylation is 1. The fourth-order valence-corrected chi connectivity index (χ4v) is 2.63. The first-order chi connectivity index (χ1) is 8.35. The molecule has 4 nitrogen and oxygen atoms in total. The molecule has 0 atom stereocenters. The van der Waals surface area contributed by atoms with Gasteiger partial charge in [-0.15, -0.1) is 0 Å². The molecule has 0 saturated carbocycles. The van der Waals surface area contributed by atoms with E-state index in [2.05, 4.69) is 20.7 Å². The molecule has 0 aromatic heterocycles. The van der Waals surface area contributed by atoms with Crippen molar-refractivity contribution in [1.29, 1.82) is 0 Å². The first kappa shape index (κ1) is 15.4. The number of hydrogen-bond donors (Lipinski definition) is 1. The lowest BCUT2D eigenvalue weighted by Gasteiger charge is -2.11. The predicted octanol–water partition coefficient (Wildman–Crippen LogP) is 2.67. The second-order valence-corrected chi connectivity index (χ2v) is 6.40. The summed E-state index contributed by atoms with van der Waals surface area (Å²) in [6.45, 7) is 4.03. The third-order valence-corrected chi connectivity index (χ3v) is 4.08. The van der Waals surface area contributed by atoms with Crippen LogP contribution in [0, 0.1) is 12.7 Å². The van der Waals surface area contributed by atoms with Crippen LogP contribution in [0.3, 0.4) is 0 Å². The van der Waals surface area contributed by atoms with E-state index in [-0.39, 0.29) is 16.8 Å². The Morgan fingerprint density at radius 1 is 1.44 bits per heavy atom. The summed E-state index contributed by atoms with van der Waals surface area (Å²) in [5.41, 5.74) is 0.885. The minimum Gasteiger partial charge on any atom is -0.381 e. The molecular weight excluding hydrogens is 325 g/mol. The van der Waals surface area contributed by atoms with Gasteiger partial charge in [0.25, 0.3) is 0 Å². The van der Waals surface area contributed by atoms with Crippen LogP contribution in [-0.4, -0.2) is 27.4 Å². The summed E-state index contributed by atoms with van der Waals surface area (Å²) >= 11 is 3.02. The summed E-state index contributed by atoms with van der Waals surface area (Å²) in [5.74, 6) is -0.556. The van der Waals surface area contributed by atoms with Crippen molar-refractivity contribution in [2.75, 3.05) is 23.7 Å². The van der Waals surface area contributed by atoms with Crippen molar-refractivity contribution in [2.45, 2.75) is 13.8 Å². The van der Waals surface area contributed by atoms with E-state index in [9.17, 15) is 12.8 Å². The van der Waals surface area contributed by atoms with Crippen LogP contribution in [0.1, 0.15) is 12.5 Å². The van der Waals surface area contributed by atoms with Gasteiger partial charge >= 0.3 is 0 Å². The summed E-state index contributed by atoms with van der Waals surface area (Å²) in [5, 5.41) is 0. The number of ether oxygens (including phenoxy) is 1. The van der Waals surface area contributed by atoms with Crippen LogP contribution in [0.15, 0.2) is 16.6 Å². The van der Waals surface area contributed by atoms with Crippen molar-refractivity contribution in [2.24, 2.45) is 0 Å². The molecular formula is C11H15BrFNO3S. The van der Waals surface area contributed by atoms with E-state index < -0.39 is 15.8 Å². The summed E-state index contributed by atoms with van der Waals surface area (Å²) in [7, 11) is -3.48. The Balaban J connectivity index is 2.81. The standard InChI is InChI=1S/C11H15BrFNO3S/c1-3-17-4-5-18(15,16)14-11-7-9(12)10(13)6-8(11)2/h6-7,14H,3-5H2,1-2H3. The van der Waals surface area contributed by atoms with Gasteiger partial charge in [0.1, 0.15) is 5.82 Å². The normalized spacial score (nSPS) is 11.6. The summed E-state index contributed by atoms with van der Waals surface area (Å²) in [6.07, 6.45) is 0. The summed E-state index contributed by atoms with van der Waals surface area (Å²) in [6, 6.07) is 2.67. The van der Waals surface area contributed by atoms with Crippen LogP contribution >= 0.6 is 15.9 Å². The highest BCUT2D eigenvalue weighted by Gasteiger charge is 2.13. The van der Waals surface area contributed by atoms with Gasteiger partial charge in [-0.2, -0.15) is 0 Å². The molecule has 1 aromatic rings. The average molecular weight is 340 g/mol. The number of rotatable bonds is 6. The molecule has 0 fully saturated rings. The second-order valence-electron chi connectivity index (χ2n) is 3.70. The van der Waals surface area contributed by atoms with Gasteiger partial charge in [-0.3, -0.25) is 4.72 Å². The van der Waals surface area contributed by atoms with Gasteiger partial charge in [0.05, 0.1) is 22.5 Å². The summed E-state index contributed by atoms with van der Waals surface area (Å²) < 4.78 is 44.3. The number of benzene rings is 1. The van der Waals surface area contributed by atoms with Gasteiger partial charge in [-0.05, 0) is 47.5 Å². The quantitative estimate of drug-likeness (QED) is 0.810. The molecule has 1 aromatic carbocycles. The fraction of sp³-hybridized carbons (Fsp3) is 0.455. The highest BCUT2D eigenvalue weighted by molar-refractivity contribution is 9.10. The Morgan fingerprint density at radius 2 is 2.11 bits per heavy atom.